The maximum absolute atomic E-state index is 13.3. The van der Waals surface area contributed by atoms with Crippen molar-refractivity contribution in [1.82, 2.24) is 4.90 Å². The van der Waals surface area contributed by atoms with Gasteiger partial charge >= 0.3 is 5.91 Å². The van der Waals surface area contributed by atoms with E-state index in [4.69, 9.17) is 11.5 Å². The van der Waals surface area contributed by atoms with Crippen LogP contribution in [0.4, 0.5) is 0 Å². The van der Waals surface area contributed by atoms with Crippen LogP contribution in [0.5, 0.6) is 0 Å². The summed E-state index contributed by atoms with van der Waals surface area (Å²) in [6.07, 6.45) is 0.279. The van der Waals surface area contributed by atoms with E-state index in [1.807, 2.05) is 24.3 Å². The molecule has 0 bridgehead atoms. The number of rotatable bonds is 2. The smallest absolute Gasteiger partial charge is 0.303 e. The van der Waals surface area contributed by atoms with Crippen LogP contribution in [0.25, 0.3) is 10.8 Å². The van der Waals surface area contributed by atoms with Gasteiger partial charge in [-0.15, -0.1) is 0 Å². The van der Waals surface area contributed by atoms with Crippen molar-refractivity contribution in [2.45, 2.75) is 34.9 Å². The van der Waals surface area contributed by atoms with E-state index < -0.39 is 32.9 Å². The fourth-order valence-corrected chi connectivity index (χ4v) is 5.53. The number of nitrogens with two attached hydrogens (primary N) is 2. The van der Waals surface area contributed by atoms with E-state index in [0.717, 1.165) is 15.7 Å². The van der Waals surface area contributed by atoms with Gasteiger partial charge in [-0.1, -0.05) is 30.3 Å². The Morgan fingerprint density at radius 1 is 1.15 bits per heavy atom. The molecule has 3 atom stereocenters. The summed E-state index contributed by atoms with van der Waals surface area (Å²) in [5.41, 5.74) is 9.42. The second-order valence-corrected chi connectivity index (χ2v) is 8.67. The average Bonchev–Trinajstić information content (AvgIpc) is 2.86. The van der Waals surface area contributed by atoms with Crippen LogP contribution in [0.2, 0.25) is 0 Å². The van der Waals surface area contributed by atoms with E-state index in [2.05, 4.69) is 4.99 Å². The van der Waals surface area contributed by atoms with Crippen LogP contribution >= 0.6 is 0 Å². The number of fused-ring (bicyclic) bond motifs is 2. The van der Waals surface area contributed by atoms with E-state index in [9.17, 15) is 18.3 Å². The van der Waals surface area contributed by atoms with Crippen LogP contribution in [0.3, 0.4) is 0 Å². The van der Waals surface area contributed by atoms with Crippen molar-refractivity contribution >= 4 is 32.5 Å². The van der Waals surface area contributed by atoms with Crippen LogP contribution in [0.1, 0.15) is 12.8 Å². The Morgan fingerprint density at radius 2 is 1.85 bits per heavy atom. The fourth-order valence-electron chi connectivity index (χ4n) is 3.67. The highest BCUT2D eigenvalue weighted by molar-refractivity contribution is 7.92. The topological polar surface area (TPSA) is 139 Å². The Hall–Kier alpha value is -2.49. The van der Waals surface area contributed by atoms with Crippen LogP contribution in [0.15, 0.2) is 52.4 Å². The zero-order chi connectivity index (χ0) is 18.7. The Morgan fingerprint density at radius 3 is 2.58 bits per heavy atom. The predicted molar refractivity (Wildman–Crippen MR) is 95.5 cm³/mol. The number of sulfone groups is 1. The highest BCUT2D eigenvalue weighted by atomic mass is 32.2. The molecule has 0 aliphatic carbocycles. The molecule has 26 heavy (non-hydrogen) atoms. The second kappa shape index (κ2) is 5.50. The monoisotopic (exact) mass is 374 g/mol. The molecule has 0 radical (unpaired) electrons. The summed E-state index contributed by atoms with van der Waals surface area (Å²) in [5.74, 6) is -1.26. The summed E-state index contributed by atoms with van der Waals surface area (Å²) < 4.78 is 26.5. The third-order valence-electron chi connectivity index (χ3n) is 5.08. The number of hydrogen-bond acceptors (Lipinski definition) is 7. The minimum atomic E-state index is -3.93. The van der Waals surface area contributed by atoms with Crippen molar-refractivity contribution < 1.29 is 18.3 Å². The van der Waals surface area contributed by atoms with Crippen molar-refractivity contribution in [2.75, 3.05) is 0 Å². The third-order valence-corrected chi connectivity index (χ3v) is 7.16. The van der Waals surface area contributed by atoms with Crippen molar-refractivity contribution in [3.63, 3.8) is 0 Å². The van der Waals surface area contributed by atoms with Gasteiger partial charge in [-0.25, -0.2) is 8.42 Å². The van der Waals surface area contributed by atoms with Gasteiger partial charge in [0.05, 0.1) is 10.9 Å². The van der Waals surface area contributed by atoms with Gasteiger partial charge in [0, 0.05) is 0 Å². The highest BCUT2D eigenvalue weighted by Crippen LogP contribution is 2.38. The zero-order valence-electron chi connectivity index (χ0n) is 13.7. The summed E-state index contributed by atoms with van der Waals surface area (Å²) in [7, 11) is -3.93. The van der Waals surface area contributed by atoms with E-state index in [1.165, 1.54) is 6.07 Å². The van der Waals surface area contributed by atoms with Gasteiger partial charge in [0.1, 0.15) is 5.37 Å². The van der Waals surface area contributed by atoms with Crippen LogP contribution in [-0.2, 0) is 14.6 Å². The number of carbonyl (C=O) groups is 1. The molecule has 1 amide bonds. The molecule has 2 aliphatic heterocycles. The predicted octanol–water partition coefficient (Wildman–Crippen LogP) is -0.0938. The number of hydrogen-bond donors (Lipinski definition) is 3. The normalized spacial score (nSPS) is 28.9. The van der Waals surface area contributed by atoms with Gasteiger partial charge in [0.2, 0.25) is 11.7 Å². The summed E-state index contributed by atoms with van der Waals surface area (Å²) in [4.78, 5) is 16.7. The lowest BCUT2D eigenvalue weighted by Crippen LogP contribution is -2.70. The SMILES string of the molecule is NC1=NC(=O)C2(O)C(N)CCC(S(=O)(=O)c3ccc4ccccc4c3)N12. The van der Waals surface area contributed by atoms with Gasteiger partial charge in [-0.05, 0) is 35.7 Å². The van der Waals surface area contributed by atoms with E-state index in [0.29, 0.717) is 0 Å². The Bertz CT molecular complexity index is 1050. The lowest BCUT2D eigenvalue weighted by atomic mass is 9.93. The maximum atomic E-state index is 13.3. The van der Waals surface area contributed by atoms with E-state index >= 15 is 0 Å². The number of guanidine groups is 1. The maximum Gasteiger partial charge on any atom is 0.303 e. The van der Waals surface area contributed by atoms with Gasteiger partial charge in [0.15, 0.2) is 9.84 Å². The quantitative estimate of drug-likeness (QED) is 0.667. The summed E-state index contributed by atoms with van der Waals surface area (Å²) in [5, 5.41) is 11.2. The number of piperidine rings is 1. The fraction of sp³-hybridized carbons (Fsp3) is 0.294. The first-order chi connectivity index (χ1) is 12.3. The zero-order valence-corrected chi connectivity index (χ0v) is 14.6. The summed E-state index contributed by atoms with van der Waals surface area (Å²) in [6.45, 7) is 0. The number of carbonyl (C=O) groups excluding carboxylic acids is 1. The van der Waals surface area contributed by atoms with Gasteiger partial charge in [0.25, 0.3) is 0 Å². The molecule has 2 aromatic carbocycles. The Balaban J connectivity index is 1.82. The first kappa shape index (κ1) is 17.0. The minimum Gasteiger partial charge on any atom is -0.369 e. The molecule has 1 fully saturated rings. The van der Waals surface area contributed by atoms with Crippen molar-refractivity contribution in [1.29, 1.82) is 0 Å². The minimum absolute atomic E-state index is 0.0890. The largest absolute Gasteiger partial charge is 0.369 e. The molecule has 5 N–H and O–H groups in total. The molecule has 0 aromatic heterocycles. The molecule has 8 nitrogen and oxygen atoms in total. The van der Waals surface area contributed by atoms with Crippen molar-refractivity contribution in [3.8, 4) is 0 Å². The molecule has 2 heterocycles. The number of amides is 1. The van der Waals surface area contributed by atoms with Gasteiger partial charge < -0.3 is 16.6 Å². The molecule has 0 spiro atoms. The number of nitrogens with zero attached hydrogens (tertiary/aromatic N) is 2. The van der Waals surface area contributed by atoms with Crippen molar-refractivity contribution in [2.24, 2.45) is 16.5 Å². The Labute approximate surface area is 150 Å². The summed E-state index contributed by atoms with van der Waals surface area (Å²) in [6, 6.07) is 11.2. The second-order valence-electron chi connectivity index (χ2n) is 6.56. The molecule has 2 aromatic rings. The number of benzene rings is 2. The van der Waals surface area contributed by atoms with Crippen molar-refractivity contribution in [3.05, 3.63) is 42.5 Å². The molecule has 4 rings (SSSR count). The van der Waals surface area contributed by atoms with Crippen LogP contribution < -0.4 is 11.5 Å². The number of aliphatic hydroxyl groups is 1. The lowest BCUT2D eigenvalue weighted by molar-refractivity contribution is -0.157. The molecule has 3 unspecified atom stereocenters. The highest BCUT2D eigenvalue weighted by Gasteiger charge is 2.60. The molecule has 0 saturated carbocycles. The third kappa shape index (κ3) is 2.17. The molecule has 9 heteroatoms. The molecule has 2 aliphatic rings. The summed E-state index contributed by atoms with van der Waals surface area (Å²) >= 11 is 0. The average molecular weight is 374 g/mol. The van der Waals surface area contributed by atoms with E-state index in [1.54, 1.807) is 12.1 Å². The van der Waals surface area contributed by atoms with E-state index in [-0.39, 0.29) is 23.7 Å². The lowest BCUT2D eigenvalue weighted by Gasteiger charge is -2.45. The van der Waals surface area contributed by atoms with Gasteiger partial charge in [-0.3, -0.25) is 9.69 Å². The van der Waals surface area contributed by atoms with Crippen LogP contribution in [-0.4, -0.2) is 47.4 Å². The molecular formula is C17H18N4O4S. The first-order valence-electron chi connectivity index (χ1n) is 8.15. The molecular weight excluding hydrogens is 356 g/mol. The number of aliphatic imine (C=N–C) groups is 1. The standard InChI is InChI=1S/C17H18N4O4S/c18-13-7-8-14(21-16(19)20-15(22)17(13,21)23)26(24,25)12-6-5-10-3-1-2-4-11(10)9-12/h1-6,9,13-14,23H,7-8,18H2,(H2,19,20,22). The van der Waals surface area contributed by atoms with Crippen LogP contribution in [0, 0.1) is 0 Å². The van der Waals surface area contributed by atoms with Gasteiger partial charge in [-0.2, -0.15) is 4.99 Å². The molecule has 136 valence electrons. The first-order valence-corrected chi connectivity index (χ1v) is 9.69. The Kier molecular flexibility index (Phi) is 3.59. The molecule has 1 saturated heterocycles.